The lowest BCUT2D eigenvalue weighted by atomic mass is 10.1. The standard InChI is InChI=1S/C13H10Cl2FN3/c1-6-12(10(17)2-3-11(15)18)8-4-7(14)5-9(16)13(8)19-6/h2-5,17-19H,1H3/b3-2-,17-10?,18-11?. The second-order valence-electron chi connectivity index (χ2n) is 4.03. The number of aryl methyl sites for hydroxylation is 1. The van der Waals surface area contributed by atoms with Crippen molar-refractivity contribution >= 4 is 45.0 Å². The molecule has 0 aliphatic heterocycles. The lowest BCUT2D eigenvalue weighted by Gasteiger charge is -2.00. The molecule has 0 aliphatic carbocycles. The molecule has 3 N–H and O–H groups in total. The van der Waals surface area contributed by atoms with Crippen LogP contribution in [-0.4, -0.2) is 15.9 Å². The predicted octanol–water partition coefficient (Wildman–Crippen LogP) is 4.41. The summed E-state index contributed by atoms with van der Waals surface area (Å²) in [6.45, 7) is 1.75. The third-order valence-corrected chi connectivity index (χ3v) is 3.02. The molecule has 6 heteroatoms. The van der Waals surface area contributed by atoms with Crippen molar-refractivity contribution in [1.29, 1.82) is 10.8 Å². The molecule has 0 amide bonds. The third-order valence-electron chi connectivity index (χ3n) is 2.68. The maximum absolute atomic E-state index is 13.8. The van der Waals surface area contributed by atoms with Crippen molar-refractivity contribution in [1.82, 2.24) is 4.98 Å². The summed E-state index contributed by atoms with van der Waals surface area (Å²) >= 11 is 11.2. The minimum atomic E-state index is -0.460. The number of aromatic nitrogens is 1. The first-order valence-electron chi connectivity index (χ1n) is 5.38. The molecular weight excluding hydrogens is 288 g/mol. The van der Waals surface area contributed by atoms with Gasteiger partial charge in [-0.1, -0.05) is 23.2 Å². The van der Waals surface area contributed by atoms with Gasteiger partial charge < -0.3 is 10.4 Å². The van der Waals surface area contributed by atoms with Crippen molar-refractivity contribution in [3.63, 3.8) is 0 Å². The molecule has 2 aromatic rings. The number of allylic oxidation sites excluding steroid dienone is 2. The molecule has 0 fully saturated rings. The first kappa shape index (κ1) is 13.8. The molecule has 2 rings (SSSR count). The van der Waals surface area contributed by atoms with Crippen molar-refractivity contribution in [2.24, 2.45) is 0 Å². The monoisotopic (exact) mass is 297 g/mol. The van der Waals surface area contributed by atoms with Crippen LogP contribution < -0.4 is 0 Å². The minimum Gasteiger partial charge on any atom is -0.356 e. The van der Waals surface area contributed by atoms with Gasteiger partial charge in [-0.25, -0.2) is 4.39 Å². The summed E-state index contributed by atoms with van der Waals surface area (Å²) in [6, 6.07) is 2.82. The zero-order chi connectivity index (χ0) is 14.2. The van der Waals surface area contributed by atoms with Crippen LogP contribution in [0.4, 0.5) is 4.39 Å². The van der Waals surface area contributed by atoms with Crippen LogP contribution in [0.1, 0.15) is 11.3 Å². The van der Waals surface area contributed by atoms with Crippen LogP contribution in [-0.2, 0) is 0 Å². The average molecular weight is 298 g/mol. The molecule has 1 aromatic heterocycles. The van der Waals surface area contributed by atoms with E-state index >= 15 is 0 Å². The van der Waals surface area contributed by atoms with Crippen LogP contribution in [0.2, 0.25) is 5.02 Å². The van der Waals surface area contributed by atoms with Crippen LogP contribution in [0.5, 0.6) is 0 Å². The summed E-state index contributed by atoms with van der Waals surface area (Å²) in [7, 11) is 0. The van der Waals surface area contributed by atoms with Crippen LogP contribution in [0.25, 0.3) is 10.9 Å². The fourth-order valence-corrected chi connectivity index (χ4v) is 2.20. The van der Waals surface area contributed by atoms with Gasteiger partial charge in [0, 0.05) is 21.7 Å². The Hall–Kier alpha value is -1.65. The van der Waals surface area contributed by atoms with Crippen molar-refractivity contribution < 1.29 is 4.39 Å². The maximum atomic E-state index is 13.8. The molecule has 0 saturated carbocycles. The highest BCUT2D eigenvalue weighted by Crippen LogP contribution is 2.28. The predicted molar refractivity (Wildman–Crippen MR) is 77.6 cm³/mol. The molecule has 3 nitrogen and oxygen atoms in total. The second-order valence-corrected chi connectivity index (χ2v) is 4.87. The number of benzene rings is 1. The van der Waals surface area contributed by atoms with Gasteiger partial charge in [0.2, 0.25) is 0 Å². The molecule has 0 unspecified atom stereocenters. The van der Waals surface area contributed by atoms with Gasteiger partial charge in [0.1, 0.15) is 11.0 Å². The Balaban J connectivity index is 2.63. The van der Waals surface area contributed by atoms with E-state index in [2.05, 4.69) is 4.98 Å². The Morgan fingerprint density at radius 1 is 1.32 bits per heavy atom. The topological polar surface area (TPSA) is 63.5 Å². The number of fused-ring (bicyclic) bond motifs is 1. The van der Waals surface area contributed by atoms with E-state index in [1.54, 1.807) is 13.0 Å². The van der Waals surface area contributed by atoms with E-state index in [1.165, 1.54) is 18.2 Å². The molecule has 0 saturated heterocycles. The van der Waals surface area contributed by atoms with Gasteiger partial charge in [-0.05, 0) is 31.2 Å². The Bertz CT molecular complexity index is 716. The highest BCUT2D eigenvalue weighted by molar-refractivity contribution is 6.67. The van der Waals surface area contributed by atoms with E-state index in [0.717, 1.165) is 0 Å². The molecule has 1 heterocycles. The zero-order valence-corrected chi connectivity index (χ0v) is 11.5. The first-order chi connectivity index (χ1) is 8.90. The van der Waals surface area contributed by atoms with Gasteiger partial charge in [0.15, 0.2) is 0 Å². The molecule has 0 bridgehead atoms. The Morgan fingerprint density at radius 3 is 2.63 bits per heavy atom. The summed E-state index contributed by atoms with van der Waals surface area (Å²) in [5, 5.41) is 15.7. The van der Waals surface area contributed by atoms with E-state index in [4.69, 9.17) is 34.0 Å². The zero-order valence-electron chi connectivity index (χ0n) is 9.94. The van der Waals surface area contributed by atoms with Gasteiger partial charge in [-0.2, -0.15) is 0 Å². The van der Waals surface area contributed by atoms with Gasteiger partial charge in [-0.15, -0.1) is 0 Å². The summed E-state index contributed by atoms with van der Waals surface area (Å²) in [5.74, 6) is -0.460. The van der Waals surface area contributed by atoms with E-state index in [9.17, 15) is 4.39 Å². The Kier molecular flexibility index (Phi) is 3.73. The quantitative estimate of drug-likeness (QED) is 0.703. The normalized spacial score (nSPS) is 11.4. The van der Waals surface area contributed by atoms with Crippen LogP contribution in [0.3, 0.4) is 0 Å². The molecule has 19 heavy (non-hydrogen) atoms. The van der Waals surface area contributed by atoms with Crippen molar-refractivity contribution in [3.05, 3.63) is 46.4 Å². The van der Waals surface area contributed by atoms with Gasteiger partial charge in [-0.3, -0.25) is 5.41 Å². The smallest absolute Gasteiger partial charge is 0.148 e. The SMILES string of the molecule is Cc1[nH]c2c(F)cc(Cl)cc2c1C(=N)/C=C\C(=N)Cl. The number of hydrogen-bond acceptors (Lipinski definition) is 2. The maximum Gasteiger partial charge on any atom is 0.148 e. The van der Waals surface area contributed by atoms with Crippen LogP contribution in [0.15, 0.2) is 24.3 Å². The number of H-pyrrole nitrogens is 1. The second kappa shape index (κ2) is 5.15. The van der Waals surface area contributed by atoms with E-state index < -0.39 is 5.82 Å². The number of nitrogens with one attached hydrogen (secondary N) is 3. The number of halogens is 3. The fraction of sp³-hybridized carbons (Fsp3) is 0.0769. The van der Waals surface area contributed by atoms with Crippen LogP contribution >= 0.6 is 23.2 Å². The number of hydrogen-bond donors (Lipinski definition) is 3. The van der Waals surface area contributed by atoms with Gasteiger partial charge >= 0.3 is 0 Å². The number of aromatic amines is 1. The van der Waals surface area contributed by atoms with Crippen molar-refractivity contribution in [3.8, 4) is 0 Å². The molecule has 0 aliphatic rings. The molecule has 0 spiro atoms. The van der Waals surface area contributed by atoms with Crippen molar-refractivity contribution in [2.75, 3.05) is 0 Å². The molecule has 98 valence electrons. The fourth-order valence-electron chi connectivity index (χ4n) is 1.94. The summed E-state index contributed by atoms with van der Waals surface area (Å²) in [5.41, 5.74) is 1.66. The summed E-state index contributed by atoms with van der Waals surface area (Å²) in [4.78, 5) is 2.90. The van der Waals surface area contributed by atoms with E-state index in [1.807, 2.05) is 0 Å². The largest absolute Gasteiger partial charge is 0.356 e. The number of rotatable bonds is 3. The average Bonchev–Trinajstić information content (AvgIpc) is 2.63. The molecule has 0 radical (unpaired) electrons. The van der Waals surface area contributed by atoms with Gasteiger partial charge in [0.25, 0.3) is 0 Å². The Labute approximate surface area is 119 Å². The minimum absolute atomic E-state index is 0.135. The molecule has 1 aromatic carbocycles. The summed E-state index contributed by atoms with van der Waals surface area (Å²) in [6.07, 6.45) is 2.69. The lowest BCUT2D eigenvalue weighted by Crippen LogP contribution is -1.96. The Morgan fingerprint density at radius 2 is 2.00 bits per heavy atom. The van der Waals surface area contributed by atoms with E-state index in [-0.39, 0.29) is 15.9 Å². The molecular formula is C13H10Cl2FN3. The van der Waals surface area contributed by atoms with E-state index in [0.29, 0.717) is 22.2 Å². The highest BCUT2D eigenvalue weighted by Gasteiger charge is 2.15. The summed E-state index contributed by atoms with van der Waals surface area (Å²) < 4.78 is 13.8. The van der Waals surface area contributed by atoms with Gasteiger partial charge in [0.05, 0.1) is 11.2 Å². The van der Waals surface area contributed by atoms with Crippen LogP contribution in [0, 0.1) is 23.6 Å². The third kappa shape index (κ3) is 2.69. The van der Waals surface area contributed by atoms with Crippen molar-refractivity contribution in [2.45, 2.75) is 6.92 Å². The first-order valence-corrected chi connectivity index (χ1v) is 6.14. The molecule has 0 atom stereocenters. The lowest BCUT2D eigenvalue weighted by molar-refractivity contribution is 0.637. The highest BCUT2D eigenvalue weighted by atomic mass is 35.5.